The summed E-state index contributed by atoms with van der Waals surface area (Å²) in [7, 11) is 0. The number of rotatable bonds is 18. The van der Waals surface area contributed by atoms with Crippen LogP contribution in [0, 0.1) is 0 Å². The summed E-state index contributed by atoms with van der Waals surface area (Å²) in [5.41, 5.74) is 5.87. The number of hydrogen-bond acceptors (Lipinski definition) is 5. The van der Waals surface area contributed by atoms with Crippen LogP contribution in [0.4, 0.5) is 0 Å². The lowest BCUT2D eigenvalue weighted by atomic mass is 10.0. The molecule has 0 aliphatic heterocycles. The minimum Gasteiger partial charge on any atom is -0.486 e. The van der Waals surface area contributed by atoms with E-state index >= 15 is 0 Å². The average Bonchev–Trinajstić information content (AvgIpc) is 3.08. The molecular formula is C43H46O7. The lowest BCUT2D eigenvalue weighted by Gasteiger charge is -2.17. The van der Waals surface area contributed by atoms with Gasteiger partial charge in [0.15, 0.2) is 11.5 Å². The van der Waals surface area contributed by atoms with Crippen molar-refractivity contribution >= 4 is 11.9 Å². The van der Waals surface area contributed by atoms with Gasteiger partial charge in [-0.15, -0.1) is 0 Å². The van der Waals surface area contributed by atoms with E-state index in [2.05, 4.69) is 45.1 Å². The first-order chi connectivity index (χ1) is 24.1. The van der Waals surface area contributed by atoms with Gasteiger partial charge in [-0.25, -0.2) is 9.59 Å². The van der Waals surface area contributed by atoms with Crippen LogP contribution in [-0.2, 0) is 13.0 Å². The first kappa shape index (κ1) is 37.3. The summed E-state index contributed by atoms with van der Waals surface area (Å²) in [6.45, 7) is 8.52. The Morgan fingerprint density at radius 1 is 0.660 bits per heavy atom. The van der Waals surface area contributed by atoms with Crippen LogP contribution in [0.15, 0.2) is 126 Å². The van der Waals surface area contributed by atoms with Crippen molar-refractivity contribution in [2.75, 3.05) is 6.61 Å². The molecule has 0 unspecified atom stereocenters. The smallest absolute Gasteiger partial charge is 0.340 e. The molecule has 0 saturated carbocycles. The van der Waals surface area contributed by atoms with Crippen molar-refractivity contribution in [1.29, 1.82) is 0 Å². The van der Waals surface area contributed by atoms with Crippen LogP contribution in [0.1, 0.15) is 90.8 Å². The molecule has 0 radical (unpaired) electrons. The van der Waals surface area contributed by atoms with E-state index in [1.54, 1.807) is 0 Å². The average molecular weight is 675 g/mol. The minimum atomic E-state index is -1.42. The zero-order valence-electron chi connectivity index (χ0n) is 29.3. The van der Waals surface area contributed by atoms with Crippen molar-refractivity contribution in [3.05, 3.63) is 154 Å². The number of carboxylic acids is 2. The van der Waals surface area contributed by atoms with Gasteiger partial charge in [0.2, 0.25) is 0 Å². The third kappa shape index (κ3) is 11.5. The Morgan fingerprint density at radius 2 is 1.34 bits per heavy atom. The molecule has 0 aliphatic carbocycles. The molecule has 0 aliphatic rings. The van der Waals surface area contributed by atoms with Crippen LogP contribution in [0.25, 0.3) is 0 Å². The van der Waals surface area contributed by atoms with Gasteiger partial charge in [0.1, 0.15) is 30.3 Å². The Bertz CT molecular complexity index is 1850. The molecule has 4 aromatic rings. The summed E-state index contributed by atoms with van der Waals surface area (Å²) in [5, 5.41) is 19.8. The van der Waals surface area contributed by atoms with Crippen molar-refractivity contribution in [3.63, 3.8) is 0 Å². The van der Waals surface area contributed by atoms with Gasteiger partial charge >= 0.3 is 11.9 Å². The zero-order chi connectivity index (χ0) is 35.9. The second-order valence-electron chi connectivity index (χ2n) is 12.5. The lowest BCUT2D eigenvalue weighted by Crippen LogP contribution is -2.12. The van der Waals surface area contributed by atoms with E-state index in [1.165, 1.54) is 28.8 Å². The molecule has 0 aromatic heterocycles. The third-order valence-corrected chi connectivity index (χ3v) is 8.08. The fourth-order valence-corrected chi connectivity index (χ4v) is 5.37. The molecule has 4 aromatic carbocycles. The Labute approximate surface area is 295 Å². The van der Waals surface area contributed by atoms with Crippen molar-refractivity contribution in [2.24, 2.45) is 0 Å². The highest BCUT2D eigenvalue weighted by atomic mass is 16.5. The molecule has 0 saturated heterocycles. The fourth-order valence-electron chi connectivity index (χ4n) is 5.37. The van der Waals surface area contributed by atoms with Crippen LogP contribution in [-0.4, -0.2) is 28.8 Å². The number of aromatic carboxylic acids is 2. The molecule has 0 atom stereocenters. The van der Waals surface area contributed by atoms with Gasteiger partial charge in [-0.1, -0.05) is 89.5 Å². The summed E-state index contributed by atoms with van der Waals surface area (Å²) in [6, 6.07) is 28.0. The molecule has 0 fully saturated rings. The van der Waals surface area contributed by atoms with Crippen molar-refractivity contribution in [3.8, 4) is 23.0 Å². The molecule has 0 spiro atoms. The summed E-state index contributed by atoms with van der Waals surface area (Å²) in [4.78, 5) is 24.3. The van der Waals surface area contributed by atoms with Crippen LogP contribution in [0.2, 0.25) is 0 Å². The summed E-state index contributed by atoms with van der Waals surface area (Å²) in [6.07, 6.45) is 11.0. The SMILES string of the molecule is CC(C)=CCCC(C)=CCCC(C)=CCOc1ccc(C(=O)O)c(C(=O)O)c1OCc1cccc(Oc2ccccc2Cc2ccccc2)c1. The van der Waals surface area contributed by atoms with Gasteiger partial charge in [-0.3, -0.25) is 0 Å². The Hall–Kier alpha value is -5.56. The number of allylic oxidation sites excluding steroid dienone is 5. The summed E-state index contributed by atoms with van der Waals surface area (Å²) in [5.74, 6) is -1.48. The van der Waals surface area contributed by atoms with E-state index in [1.807, 2.05) is 79.7 Å². The monoisotopic (exact) mass is 674 g/mol. The number of para-hydroxylation sites is 1. The van der Waals surface area contributed by atoms with E-state index < -0.39 is 17.5 Å². The highest BCUT2D eigenvalue weighted by molar-refractivity contribution is 6.04. The number of hydrogen-bond donors (Lipinski definition) is 2. The largest absolute Gasteiger partial charge is 0.486 e. The highest BCUT2D eigenvalue weighted by Gasteiger charge is 2.25. The number of carboxylic acid groups (broad SMARTS) is 2. The molecule has 0 amide bonds. The maximum Gasteiger partial charge on any atom is 0.340 e. The third-order valence-electron chi connectivity index (χ3n) is 8.08. The lowest BCUT2D eigenvalue weighted by molar-refractivity contribution is 0.0646. The van der Waals surface area contributed by atoms with Gasteiger partial charge in [0.05, 0.1) is 5.56 Å². The van der Waals surface area contributed by atoms with Crippen LogP contribution in [0.3, 0.4) is 0 Å². The normalized spacial score (nSPS) is 11.5. The molecule has 2 N–H and O–H groups in total. The number of ether oxygens (including phenoxy) is 3. The van der Waals surface area contributed by atoms with Gasteiger partial charge in [-0.2, -0.15) is 0 Å². The molecule has 50 heavy (non-hydrogen) atoms. The van der Waals surface area contributed by atoms with E-state index in [9.17, 15) is 19.8 Å². The quantitative estimate of drug-likeness (QED) is 0.101. The molecule has 4 rings (SSSR count). The van der Waals surface area contributed by atoms with E-state index in [-0.39, 0.29) is 30.3 Å². The molecule has 0 bridgehead atoms. The number of carbonyl (C=O) groups is 2. The van der Waals surface area contributed by atoms with E-state index in [0.717, 1.165) is 42.6 Å². The molecule has 260 valence electrons. The van der Waals surface area contributed by atoms with Crippen LogP contribution < -0.4 is 14.2 Å². The maximum absolute atomic E-state index is 12.3. The van der Waals surface area contributed by atoms with Crippen LogP contribution >= 0.6 is 0 Å². The van der Waals surface area contributed by atoms with E-state index in [4.69, 9.17) is 14.2 Å². The van der Waals surface area contributed by atoms with Crippen molar-refractivity contribution in [1.82, 2.24) is 0 Å². The standard InChI is InChI=1S/C43H46O7/c1-30(2)13-10-14-31(3)15-11-16-32(4)25-26-48-39-24-23-37(42(44)45)40(43(46)47)41(39)49-29-34-19-12-21-36(28-34)50-38-22-9-8-20-35(38)27-33-17-6-5-7-18-33/h5-9,12-13,15,17-25,28H,10-11,14,16,26-27,29H2,1-4H3,(H,44,45)(H,46,47). The summed E-state index contributed by atoms with van der Waals surface area (Å²) >= 11 is 0. The first-order valence-corrected chi connectivity index (χ1v) is 16.8. The van der Waals surface area contributed by atoms with Gasteiger partial charge in [0.25, 0.3) is 0 Å². The topological polar surface area (TPSA) is 102 Å². The van der Waals surface area contributed by atoms with Gasteiger partial charge in [-0.05, 0) is 106 Å². The van der Waals surface area contributed by atoms with Crippen molar-refractivity contribution < 1.29 is 34.0 Å². The Balaban J connectivity index is 1.46. The molecule has 7 heteroatoms. The van der Waals surface area contributed by atoms with Gasteiger partial charge < -0.3 is 24.4 Å². The number of benzene rings is 4. The zero-order valence-corrected chi connectivity index (χ0v) is 29.3. The minimum absolute atomic E-state index is 0.0449. The Kier molecular flexibility index (Phi) is 14.0. The first-order valence-electron chi connectivity index (χ1n) is 16.8. The predicted molar refractivity (Wildman–Crippen MR) is 198 cm³/mol. The van der Waals surface area contributed by atoms with Crippen LogP contribution in [0.5, 0.6) is 23.0 Å². The Morgan fingerprint density at radius 3 is 2.06 bits per heavy atom. The van der Waals surface area contributed by atoms with E-state index in [0.29, 0.717) is 17.7 Å². The maximum atomic E-state index is 12.3. The summed E-state index contributed by atoms with van der Waals surface area (Å²) < 4.78 is 18.3. The fraction of sp³-hybridized carbons (Fsp3) is 0.256. The second-order valence-corrected chi connectivity index (χ2v) is 12.5. The molecular weight excluding hydrogens is 628 g/mol. The van der Waals surface area contributed by atoms with Gasteiger partial charge in [0, 0.05) is 6.42 Å². The second kappa shape index (κ2) is 18.8. The highest BCUT2D eigenvalue weighted by Crippen LogP contribution is 2.36. The molecule has 0 heterocycles. The van der Waals surface area contributed by atoms with Crippen molar-refractivity contribution in [2.45, 2.75) is 66.4 Å². The predicted octanol–water partition coefficient (Wildman–Crippen LogP) is 10.8. The molecule has 7 nitrogen and oxygen atoms in total.